The van der Waals surface area contributed by atoms with Crippen molar-refractivity contribution in [2.45, 2.75) is 19.4 Å². The first-order valence-electron chi connectivity index (χ1n) is 8.60. The Morgan fingerprint density at radius 2 is 2.21 bits per heavy atom. The molecular weight excluding hydrogens is 306 g/mol. The Balaban J connectivity index is 1.73. The molecule has 1 aromatic rings. The van der Waals surface area contributed by atoms with Crippen molar-refractivity contribution in [3.05, 3.63) is 12.2 Å². The molecule has 0 atom stereocenters. The quantitative estimate of drug-likeness (QED) is 0.565. The van der Waals surface area contributed by atoms with Crippen LogP contribution in [-0.2, 0) is 18.3 Å². The van der Waals surface area contributed by atoms with E-state index in [0.29, 0.717) is 12.5 Å². The summed E-state index contributed by atoms with van der Waals surface area (Å²) in [7, 11) is 7.52. The Bertz CT molecular complexity index is 508. The molecule has 0 unspecified atom stereocenters. The summed E-state index contributed by atoms with van der Waals surface area (Å²) >= 11 is 0. The number of hydrogen-bond donors (Lipinski definition) is 1. The van der Waals surface area contributed by atoms with E-state index in [1.165, 1.54) is 12.8 Å². The predicted molar refractivity (Wildman–Crippen MR) is 94.9 cm³/mol. The molecule has 1 N–H and O–H groups in total. The molecule has 1 aliphatic rings. The second-order valence-electron chi connectivity index (χ2n) is 6.36. The van der Waals surface area contributed by atoms with Crippen molar-refractivity contribution in [3.63, 3.8) is 0 Å². The SMILES string of the molecule is CN=C(NCC1CCN(CCOC)CC1)N(C)Cc1ncnn1C. The predicted octanol–water partition coefficient (Wildman–Crippen LogP) is 0.181. The van der Waals surface area contributed by atoms with Crippen LogP contribution in [-0.4, -0.2) is 84.5 Å². The van der Waals surface area contributed by atoms with Crippen molar-refractivity contribution in [2.75, 3.05) is 54.0 Å². The fourth-order valence-electron chi connectivity index (χ4n) is 3.01. The highest BCUT2D eigenvalue weighted by Gasteiger charge is 2.19. The van der Waals surface area contributed by atoms with E-state index in [9.17, 15) is 0 Å². The molecule has 2 heterocycles. The molecular formula is C16H31N7O. The maximum atomic E-state index is 5.16. The van der Waals surface area contributed by atoms with Gasteiger partial charge in [-0.1, -0.05) is 0 Å². The van der Waals surface area contributed by atoms with Gasteiger partial charge in [-0.05, 0) is 31.8 Å². The number of rotatable bonds is 7. The zero-order chi connectivity index (χ0) is 17.4. The van der Waals surface area contributed by atoms with Crippen LogP contribution in [0.5, 0.6) is 0 Å². The molecule has 136 valence electrons. The maximum Gasteiger partial charge on any atom is 0.193 e. The number of aryl methyl sites for hydroxylation is 1. The zero-order valence-electron chi connectivity index (χ0n) is 15.4. The highest BCUT2D eigenvalue weighted by atomic mass is 16.5. The molecule has 0 amide bonds. The first-order chi connectivity index (χ1) is 11.6. The number of likely N-dealkylation sites (tertiary alicyclic amines) is 1. The number of aromatic nitrogens is 3. The summed E-state index contributed by atoms with van der Waals surface area (Å²) in [5.74, 6) is 2.52. The van der Waals surface area contributed by atoms with Crippen molar-refractivity contribution in [1.29, 1.82) is 0 Å². The molecule has 1 aliphatic heterocycles. The topological polar surface area (TPSA) is 70.8 Å². The van der Waals surface area contributed by atoms with Crippen molar-refractivity contribution in [1.82, 2.24) is 29.9 Å². The van der Waals surface area contributed by atoms with Gasteiger partial charge in [0.15, 0.2) is 5.96 Å². The van der Waals surface area contributed by atoms with Gasteiger partial charge in [-0.3, -0.25) is 9.67 Å². The summed E-state index contributed by atoms with van der Waals surface area (Å²) in [6.07, 6.45) is 4.03. The van der Waals surface area contributed by atoms with E-state index < -0.39 is 0 Å². The van der Waals surface area contributed by atoms with Crippen LogP contribution in [0.2, 0.25) is 0 Å². The van der Waals surface area contributed by atoms with Crippen LogP contribution in [0.15, 0.2) is 11.3 Å². The van der Waals surface area contributed by atoms with Gasteiger partial charge in [0.1, 0.15) is 12.2 Å². The number of methoxy groups -OCH3 is 1. The molecule has 0 bridgehead atoms. The van der Waals surface area contributed by atoms with Crippen LogP contribution in [0.25, 0.3) is 0 Å². The Labute approximate surface area is 144 Å². The number of ether oxygens (including phenoxy) is 1. The van der Waals surface area contributed by atoms with E-state index in [-0.39, 0.29) is 0 Å². The minimum Gasteiger partial charge on any atom is -0.383 e. The standard InChI is InChI=1S/C16H31N7O/c1-17-16(21(2)12-15-19-13-20-22(15)3)18-11-14-5-7-23(8-6-14)9-10-24-4/h13-14H,5-12H2,1-4H3,(H,17,18). The van der Waals surface area contributed by atoms with Crippen molar-refractivity contribution < 1.29 is 4.74 Å². The van der Waals surface area contributed by atoms with E-state index in [1.54, 1.807) is 18.1 Å². The summed E-state index contributed by atoms with van der Waals surface area (Å²) in [5, 5.41) is 7.61. The smallest absolute Gasteiger partial charge is 0.193 e. The summed E-state index contributed by atoms with van der Waals surface area (Å²) in [5.41, 5.74) is 0. The number of hydrogen-bond acceptors (Lipinski definition) is 5. The van der Waals surface area contributed by atoms with Crippen LogP contribution in [0.3, 0.4) is 0 Å². The summed E-state index contributed by atoms with van der Waals surface area (Å²) in [6.45, 7) is 5.83. The molecule has 0 saturated carbocycles. The highest BCUT2D eigenvalue weighted by Crippen LogP contribution is 2.16. The van der Waals surface area contributed by atoms with Gasteiger partial charge in [0.05, 0.1) is 13.2 Å². The van der Waals surface area contributed by atoms with Crippen LogP contribution in [0.1, 0.15) is 18.7 Å². The molecule has 1 aromatic heterocycles. The third kappa shape index (κ3) is 5.45. The first-order valence-corrected chi connectivity index (χ1v) is 8.60. The van der Waals surface area contributed by atoms with E-state index in [2.05, 4.69) is 30.2 Å². The second-order valence-corrected chi connectivity index (χ2v) is 6.36. The molecule has 0 radical (unpaired) electrons. The van der Waals surface area contributed by atoms with Crippen molar-refractivity contribution in [3.8, 4) is 0 Å². The monoisotopic (exact) mass is 337 g/mol. The molecule has 1 saturated heterocycles. The van der Waals surface area contributed by atoms with Gasteiger partial charge in [-0.25, -0.2) is 4.98 Å². The number of piperidine rings is 1. The molecule has 2 rings (SSSR count). The van der Waals surface area contributed by atoms with Gasteiger partial charge < -0.3 is 19.9 Å². The summed E-state index contributed by atoms with van der Waals surface area (Å²) in [4.78, 5) is 13.2. The lowest BCUT2D eigenvalue weighted by atomic mass is 9.97. The Morgan fingerprint density at radius 3 is 2.79 bits per heavy atom. The van der Waals surface area contributed by atoms with Crippen molar-refractivity contribution >= 4 is 5.96 Å². The average Bonchev–Trinajstić information content (AvgIpc) is 2.99. The van der Waals surface area contributed by atoms with E-state index >= 15 is 0 Å². The average molecular weight is 337 g/mol. The molecule has 1 fully saturated rings. The lowest BCUT2D eigenvalue weighted by Crippen LogP contribution is -2.44. The lowest BCUT2D eigenvalue weighted by Gasteiger charge is -2.32. The van der Waals surface area contributed by atoms with Crippen LogP contribution < -0.4 is 5.32 Å². The van der Waals surface area contributed by atoms with Crippen molar-refractivity contribution in [2.24, 2.45) is 18.0 Å². The highest BCUT2D eigenvalue weighted by molar-refractivity contribution is 5.79. The minimum atomic E-state index is 0.686. The van der Waals surface area contributed by atoms with E-state index in [0.717, 1.165) is 44.6 Å². The number of nitrogens with one attached hydrogen (secondary N) is 1. The van der Waals surface area contributed by atoms with Gasteiger partial charge >= 0.3 is 0 Å². The normalized spacial score (nSPS) is 17.2. The van der Waals surface area contributed by atoms with Crippen LogP contribution in [0, 0.1) is 5.92 Å². The van der Waals surface area contributed by atoms with Crippen LogP contribution >= 0.6 is 0 Å². The minimum absolute atomic E-state index is 0.686. The van der Waals surface area contributed by atoms with E-state index in [1.807, 2.05) is 21.1 Å². The third-order valence-corrected chi connectivity index (χ3v) is 4.62. The van der Waals surface area contributed by atoms with Gasteiger partial charge in [0.25, 0.3) is 0 Å². The molecule has 8 nitrogen and oxygen atoms in total. The lowest BCUT2D eigenvalue weighted by molar-refractivity contribution is 0.120. The number of guanidine groups is 1. The Hall–Kier alpha value is -1.67. The second kappa shape index (κ2) is 9.58. The van der Waals surface area contributed by atoms with Crippen LogP contribution in [0.4, 0.5) is 0 Å². The molecule has 0 aliphatic carbocycles. The Kier molecular flexibility index (Phi) is 7.45. The van der Waals surface area contributed by atoms with Gasteiger partial charge in [0.2, 0.25) is 0 Å². The van der Waals surface area contributed by atoms with Gasteiger partial charge in [-0.15, -0.1) is 0 Å². The zero-order valence-corrected chi connectivity index (χ0v) is 15.4. The summed E-state index contributed by atoms with van der Waals surface area (Å²) in [6, 6.07) is 0. The fraction of sp³-hybridized carbons (Fsp3) is 0.812. The largest absolute Gasteiger partial charge is 0.383 e. The third-order valence-electron chi connectivity index (χ3n) is 4.62. The Morgan fingerprint density at radius 1 is 1.46 bits per heavy atom. The maximum absolute atomic E-state index is 5.16. The summed E-state index contributed by atoms with van der Waals surface area (Å²) < 4.78 is 6.95. The van der Waals surface area contributed by atoms with E-state index in [4.69, 9.17) is 4.74 Å². The molecule has 0 aromatic carbocycles. The first kappa shape index (κ1) is 18.7. The molecule has 24 heavy (non-hydrogen) atoms. The fourth-order valence-corrected chi connectivity index (χ4v) is 3.01. The van der Waals surface area contributed by atoms with Gasteiger partial charge in [-0.2, -0.15) is 5.10 Å². The number of nitrogens with zero attached hydrogens (tertiary/aromatic N) is 6. The molecule has 0 spiro atoms. The van der Waals surface area contributed by atoms with Gasteiger partial charge in [0, 0.05) is 41.3 Å². The molecule has 8 heteroatoms. The number of aliphatic imine (C=N–C) groups is 1.